The summed E-state index contributed by atoms with van der Waals surface area (Å²) < 4.78 is 0. The zero-order valence-electron chi connectivity index (χ0n) is 15.3. The minimum Gasteiger partial charge on any atom is -0.506 e. The van der Waals surface area contributed by atoms with Crippen LogP contribution in [-0.2, 0) is 6.54 Å². The van der Waals surface area contributed by atoms with Gasteiger partial charge in [0.25, 0.3) is 5.91 Å². The van der Waals surface area contributed by atoms with E-state index < -0.39 is 0 Å². The number of nitrogens with zero attached hydrogens (tertiary/aromatic N) is 3. The Morgan fingerprint density at radius 3 is 2.62 bits per heavy atom. The maximum Gasteiger partial charge on any atom is 0.253 e. The molecule has 1 aromatic heterocycles. The Hall–Kier alpha value is -2.40. The Morgan fingerprint density at radius 2 is 1.92 bits per heavy atom. The van der Waals surface area contributed by atoms with Crippen molar-refractivity contribution in [1.82, 2.24) is 14.8 Å². The summed E-state index contributed by atoms with van der Waals surface area (Å²) in [5.74, 6) is 1.01. The largest absolute Gasteiger partial charge is 0.506 e. The highest BCUT2D eigenvalue weighted by Crippen LogP contribution is 2.23. The Kier molecular flexibility index (Phi) is 6.23. The minimum atomic E-state index is 0.0914. The molecule has 0 bridgehead atoms. The molecule has 1 saturated heterocycles. The first-order valence-electron chi connectivity index (χ1n) is 9.29. The third kappa shape index (κ3) is 4.82. The van der Waals surface area contributed by atoms with Crippen molar-refractivity contribution >= 4 is 5.91 Å². The fourth-order valence-corrected chi connectivity index (χ4v) is 3.48. The highest BCUT2D eigenvalue weighted by atomic mass is 16.3. The van der Waals surface area contributed by atoms with E-state index in [-0.39, 0.29) is 11.7 Å². The molecule has 0 spiro atoms. The lowest BCUT2D eigenvalue weighted by molar-refractivity contribution is 0.0776. The van der Waals surface area contributed by atoms with Crippen LogP contribution in [0.25, 0.3) is 0 Å². The molecule has 1 aliphatic rings. The number of hydrogen-bond acceptors (Lipinski definition) is 4. The summed E-state index contributed by atoms with van der Waals surface area (Å²) in [5.41, 5.74) is 1.50. The van der Waals surface area contributed by atoms with Crippen LogP contribution in [0.15, 0.2) is 48.7 Å². The molecule has 0 unspecified atom stereocenters. The fraction of sp³-hybridized carbons (Fsp3) is 0.429. The van der Waals surface area contributed by atoms with Gasteiger partial charge < -0.3 is 10.0 Å². The van der Waals surface area contributed by atoms with Gasteiger partial charge in [0.2, 0.25) is 0 Å². The van der Waals surface area contributed by atoms with Crippen molar-refractivity contribution in [2.75, 3.05) is 26.7 Å². The second kappa shape index (κ2) is 8.81. The Labute approximate surface area is 155 Å². The molecule has 0 atom stereocenters. The molecule has 26 heavy (non-hydrogen) atoms. The van der Waals surface area contributed by atoms with Crippen molar-refractivity contribution in [2.24, 2.45) is 5.92 Å². The van der Waals surface area contributed by atoms with E-state index >= 15 is 0 Å². The second-order valence-corrected chi connectivity index (χ2v) is 7.07. The summed E-state index contributed by atoms with van der Waals surface area (Å²) in [6.07, 6.45) is 5.01. The molecule has 1 aliphatic heterocycles. The molecule has 1 N–H and O–H groups in total. The van der Waals surface area contributed by atoms with E-state index in [1.54, 1.807) is 18.3 Å². The summed E-state index contributed by atoms with van der Waals surface area (Å²) in [5, 5.41) is 9.86. The summed E-state index contributed by atoms with van der Waals surface area (Å²) in [6.45, 7) is 3.51. The van der Waals surface area contributed by atoms with Gasteiger partial charge in [0.05, 0.1) is 5.69 Å². The SMILES string of the molecule is CN(CCC1CCN(Cc2ncccc2O)CC1)C(=O)c1ccccc1. The molecule has 0 radical (unpaired) electrons. The Morgan fingerprint density at radius 1 is 1.19 bits per heavy atom. The molecule has 5 nitrogen and oxygen atoms in total. The second-order valence-electron chi connectivity index (χ2n) is 7.07. The third-order valence-electron chi connectivity index (χ3n) is 5.19. The lowest BCUT2D eigenvalue weighted by Crippen LogP contribution is -2.35. The Balaban J connectivity index is 1.41. The quantitative estimate of drug-likeness (QED) is 0.867. The first-order valence-corrected chi connectivity index (χ1v) is 9.29. The predicted octanol–water partition coefficient (Wildman–Crippen LogP) is 3.16. The van der Waals surface area contributed by atoms with E-state index in [4.69, 9.17) is 0 Å². The van der Waals surface area contributed by atoms with Crippen LogP contribution in [0.1, 0.15) is 35.3 Å². The molecule has 0 saturated carbocycles. The molecule has 138 valence electrons. The molecule has 3 rings (SSSR count). The van der Waals surface area contributed by atoms with E-state index in [0.29, 0.717) is 12.5 Å². The van der Waals surface area contributed by atoms with Gasteiger partial charge in [0.1, 0.15) is 5.75 Å². The van der Waals surface area contributed by atoms with Crippen molar-refractivity contribution in [3.05, 3.63) is 59.9 Å². The van der Waals surface area contributed by atoms with Crippen LogP contribution in [-0.4, -0.2) is 52.5 Å². The zero-order chi connectivity index (χ0) is 18.4. The van der Waals surface area contributed by atoms with E-state index in [1.807, 2.05) is 42.3 Å². The van der Waals surface area contributed by atoms with Gasteiger partial charge in [-0.1, -0.05) is 18.2 Å². The maximum atomic E-state index is 12.4. The molecule has 2 aromatic rings. The number of piperidine rings is 1. The predicted molar refractivity (Wildman–Crippen MR) is 102 cm³/mol. The van der Waals surface area contributed by atoms with Crippen molar-refractivity contribution in [3.8, 4) is 5.75 Å². The normalized spacial score (nSPS) is 15.7. The number of carbonyl (C=O) groups is 1. The van der Waals surface area contributed by atoms with Crippen LogP contribution in [0.3, 0.4) is 0 Å². The third-order valence-corrected chi connectivity index (χ3v) is 5.19. The summed E-state index contributed by atoms with van der Waals surface area (Å²) in [6, 6.07) is 12.9. The van der Waals surface area contributed by atoms with Crippen LogP contribution >= 0.6 is 0 Å². The molecule has 5 heteroatoms. The van der Waals surface area contributed by atoms with Gasteiger partial charge in [-0.15, -0.1) is 0 Å². The van der Waals surface area contributed by atoms with Crippen LogP contribution in [0.5, 0.6) is 5.75 Å². The number of carbonyl (C=O) groups excluding carboxylic acids is 1. The van der Waals surface area contributed by atoms with E-state index in [2.05, 4.69) is 9.88 Å². The lowest BCUT2D eigenvalue weighted by atomic mass is 9.93. The standard InChI is InChI=1S/C21H27N3O2/c1-23(21(26)18-6-3-2-4-7-18)13-9-17-10-14-24(15-11-17)16-19-20(25)8-5-12-22-19/h2-8,12,17,25H,9-11,13-16H2,1H3. The topological polar surface area (TPSA) is 56.7 Å². The number of amides is 1. The van der Waals surface area contributed by atoms with E-state index in [0.717, 1.165) is 50.2 Å². The first kappa shape index (κ1) is 18.4. The van der Waals surface area contributed by atoms with E-state index in [1.165, 1.54) is 0 Å². The molecular formula is C21H27N3O2. The first-order chi connectivity index (χ1) is 12.6. The number of aromatic nitrogens is 1. The zero-order valence-corrected chi connectivity index (χ0v) is 15.3. The summed E-state index contributed by atoms with van der Waals surface area (Å²) >= 11 is 0. The Bertz CT molecular complexity index is 712. The average Bonchev–Trinajstić information content (AvgIpc) is 2.69. The number of pyridine rings is 1. The van der Waals surface area contributed by atoms with Gasteiger partial charge in [-0.2, -0.15) is 0 Å². The van der Waals surface area contributed by atoms with Crippen molar-refractivity contribution in [2.45, 2.75) is 25.8 Å². The highest BCUT2D eigenvalue weighted by molar-refractivity contribution is 5.93. The summed E-state index contributed by atoms with van der Waals surface area (Å²) in [7, 11) is 1.88. The number of rotatable bonds is 6. The van der Waals surface area contributed by atoms with Crippen LogP contribution in [0.2, 0.25) is 0 Å². The highest BCUT2D eigenvalue weighted by Gasteiger charge is 2.21. The monoisotopic (exact) mass is 353 g/mol. The minimum absolute atomic E-state index is 0.0914. The number of aromatic hydroxyl groups is 1. The van der Waals surface area contributed by atoms with Crippen LogP contribution < -0.4 is 0 Å². The molecule has 1 fully saturated rings. The van der Waals surface area contributed by atoms with Gasteiger partial charge in [0, 0.05) is 31.9 Å². The van der Waals surface area contributed by atoms with Gasteiger partial charge in [-0.25, -0.2) is 0 Å². The van der Waals surface area contributed by atoms with E-state index in [9.17, 15) is 9.90 Å². The van der Waals surface area contributed by atoms with Gasteiger partial charge in [0.15, 0.2) is 0 Å². The van der Waals surface area contributed by atoms with Gasteiger partial charge in [-0.3, -0.25) is 14.7 Å². The van der Waals surface area contributed by atoms with Crippen molar-refractivity contribution < 1.29 is 9.90 Å². The average molecular weight is 353 g/mol. The maximum absolute atomic E-state index is 12.4. The lowest BCUT2D eigenvalue weighted by Gasteiger charge is -2.32. The molecule has 1 aromatic carbocycles. The smallest absolute Gasteiger partial charge is 0.253 e. The van der Waals surface area contributed by atoms with Gasteiger partial charge in [-0.05, 0) is 62.5 Å². The molecule has 2 heterocycles. The fourth-order valence-electron chi connectivity index (χ4n) is 3.48. The van der Waals surface area contributed by atoms with Crippen LogP contribution in [0, 0.1) is 5.92 Å². The molecule has 0 aliphatic carbocycles. The molecule has 1 amide bonds. The van der Waals surface area contributed by atoms with Gasteiger partial charge >= 0.3 is 0 Å². The van der Waals surface area contributed by atoms with Crippen molar-refractivity contribution in [3.63, 3.8) is 0 Å². The molecular weight excluding hydrogens is 326 g/mol. The number of benzene rings is 1. The number of likely N-dealkylation sites (tertiary alicyclic amines) is 1. The van der Waals surface area contributed by atoms with Crippen molar-refractivity contribution in [1.29, 1.82) is 0 Å². The summed E-state index contributed by atoms with van der Waals surface area (Å²) in [4.78, 5) is 20.8. The number of hydrogen-bond donors (Lipinski definition) is 1. The van der Waals surface area contributed by atoms with Crippen LogP contribution in [0.4, 0.5) is 0 Å².